The van der Waals surface area contributed by atoms with Gasteiger partial charge < -0.3 is 9.61 Å². The molecular weight excluding hydrogens is 240 g/mol. The van der Waals surface area contributed by atoms with E-state index < -0.39 is 0 Å². The van der Waals surface area contributed by atoms with Gasteiger partial charge in [-0.25, -0.2) is 4.98 Å². The van der Waals surface area contributed by atoms with E-state index in [2.05, 4.69) is 20.7 Å². The molecule has 92 valence electrons. The number of aromatic nitrogens is 1. The molecule has 2 heterocycles. The topological polar surface area (TPSA) is 51.2 Å². The lowest BCUT2D eigenvalue weighted by molar-refractivity contribution is -0.134. The Morgan fingerprint density at radius 1 is 1.53 bits per heavy atom. The fourth-order valence-electron chi connectivity index (χ4n) is 1.96. The van der Waals surface area contributed by atoms with Crippen LogP contribution < -0.4 is 5.32 Å². The fraction of sp³-hybridized carbons (Fsp3) is 0.500. The predicted molar refractivity (Wildman–Crippen MR) is 65.9 cm³/mol. The van der Waals surface area contributed by atoms with Crippen LogP contribution in [-0.4, -0.2) is 17.5 Å². The van der Waals surface area contributed by atoms with Crippen LogP contribution >= 0.6 is 11.9 Å². The average Bonchev–Trinajstić information content (AvgIpc) is 2.38. The lowest BCUT2D eigenvalue weighted by atomic mass is 10.1. The fourth-order valence-corrected chi connectivity index (χ4v) is 2.04. The second kappa shape index (κ2) is 5.87. The van der Waals surface area contributed by atoms with Gasteiger partial charge in [-0.15, -0.1) is 0 Å². The molecule has 0 aromatic carbocycles. The molecular formula is C12H15ClN2O2. The van der Waals surface area contributed by atoms with E-state index in [1.807, 2.05) is 6.07 Å². The van der Waals surface area contributed by atoms with Crippen molar-refractivity contribution in [1.82, 2.24) is 4.98 Å². The molecule has 17 heavy (non-hydrogen) atoms. The van der Waals surface area contributed by atoms with Gasteiger partial charge in [0.15, 0.2) is 0 Å². The Morgan fingerprint density at radius 2 is 2.41 bits per heavy atom. The smallest absolute Gasteiger partial charge is 0.324 e. The summed E-state index contributed by atoms with van der Waals surface area (Å²) >= 11 is 4.95. The summed E-state index contributed by atoms with van der Waals surface area (Å²) in [5, 5.41) is 3.29. The second-order valence-electron chi connectivity index (χ2n) is 4.14. The Kier molecular flexibility index (Phi) is 4.20. The number of hydrogen-bond donors (Lipinski definition) is 1. The zero-order valence-corrected chi connectivity index (χ0v) is 10.3. The highest BCUT2D eigenvalue weighted by molar-refractivity contribution is 6.13. The number of nitrogens with zero attached hydrogens (tertiary/aromatic N) is 1. The van der Waals surface area contributed by atoms with Crippen molar-refractivity contribution in [1.29, 1.82) is 0 Å². The van der Waals surface area contributed by atoms with Gasteiger partial charge >= 0.3 is 5.97 Å². The molecule has 0 fully saturated rings. The van der Waals surface area contributed by atoms with Crippen LogP contribution in [0.5, 0.6) is 0 Å². The minimum absolute atomic E-state index is 0.329. The van der Waals surface area contributed by atoms with Crippen molar-refractivity contribution in [2.24, 2.45) is 0 Å². The van der Waals surface area contributed by atoms with E-state index in [1.54, 1.807) is 0 Å². The first kappa shape index (κ1) is 12.2. The highest BCUT2D eigenvalue weighted by Gasteiger charge is 2.10. The highest BCUT2D eigenvalue weighted by Crippen LogP contribution is 2.20. The zero-order valence-electron chi connectivity index (χ0n) is 9.54. The minimum atomic E-state index is -0.386. The number of rotatable bonds is 4. The van der Waals surface area contributed by atoms with Crippen LogP contribution in [0.25, 0.3) is 0 Å². The molecule has 0 atom stereocenters. The number of carbonyl (C=O) groups is 1. The summed E-state index contributed by atoms with van der Waals surface area (Å²) in [6.07, 6.45) is 4.05. The summed E-state index contributed by atoms with van der Waals surface area (Å²) in [6, 6.07) is 4.14. The number of fused-ring (bicyclic) bond motifs is 1. The quantitative estimate of drug-likeness (QED) is 0.897. The van der Waals surface area contributed by atoms with Crippen LogP contribution in [0.1, 0.15) is 30.5 Å². The number of pyridine rings is 1. The maximum absolute atomic E-state index is 10.8. The Balaban J connectivity index is 1.91. The Hall–Kier alpha value is -1.29. The van der Waals surface area contributed by atoms with E-state index in [-0.39, 0.29) is 5.97 Å². The molecule has 0 saturated carbocycles. The van der Waals surface area contributed by atoms with Crippen molar-refractivity contribution in [2.45, 2.75) is 32.1 Å². The van der Waals surface area contributed by atoms with Gasteiger partial charge in [-0.2, -0.15) is 0 Å². The number of carbonyl (C=O) groups excluding carboxylic acids is 1. The first-order valence-electron chi connectivity index (χ1n) is 5.83. The maximum atomic E-state index is 10.8. The molecule has 0 unspecified atom stereocenters. The van der Waals surface area contributed by atoms with Gasteiger partial charge in [0.2, 0.25) is 0 Å². The molecule has 0 aliphatic carbocycles. The van der Waals surface area contributed by atoms with Crippen LogP contribution in [0.2, 0.25) is 0 Å². The molecule has 4 nitrogen and oxygen atoms in total. The molecule has 1 aliphatic rings. The summed E-state index contributed by atoms with van der Waals surface area (Å²) in [7, 11) is 0. The number of hydrogen-bond acceptors (Lipinski definition) is 4. The van der Waals surface area contributed by atoms with E-state index >= 15 is 0 Å². The van der Waals surface area contributed by atoms with E-state index in [9.17, 15) is 4.79 Å². The molecule has 1 N–H and O–H groups in total. The summed E-state index contributed by atoms with van der Waals surface area (Å²) in [6.45, 7) is 0.988. The Labute approximate surface area is 106 Å². The van der Waals surface area contributed by atoms with Crippen molar-refractivity contribution >= 4 is 23.7 Å². The lowest BCUT2D eigenvalue weighted by Gasteiger charge is -2.17. The van der Waals surface area contributed by atoms with Crippen molar-refractivity contribution in [2.75, 3.05) is 11.9 Å². The number of anilines is 1. The predicted octanol–water partition coefficient (Wildman–Crippen LogP) is 2.46. The van der Waals surface area contributed by atoms with Crippen LogP contribution in [0.15, 0.2) is 12.1 Å². The lowest BCUT2D eigenvalue weighted by Crippen LogP contribution is -2.14. The van der Waals surface area contributed by atoms with Gasteiger partial charge in [0.25, 0.3) is 0 Å². The van der Waals surface area contributed by atoms with Crippen LogP contribution in [0, 0.1) is 0 Å². The monoisotopic (exact) mass is 254 g/mol. The Bertz CT molecular complexity index is 409. The van der Waals surface area contributed by atoms with Crippen molar-refractivity contribution < 1.29 is 9.08 Å². The molecule has 5 heteroatoms. The second-order valence-corrected chi connectivity index (χ2v) is 4.30. The number of aryl methyl sites for hydroxylation is 2. The average molecular weight is 255 g/mol. The van der Waals surface area contributed by atoms with Crippen LogP contribution in [-0.2, 0) is 21.9 Å². The van der Waals surface area contributed by atoms with Crippen molar-refractivity contribution in [3.8, 4) is 0 Å². The van der Waals surface area contributed by atoms with Crippen molar-refractivity contribution in [3.05, 3.63) is 23.4 Å². The van der Waals surface area contributed by atoms with Gasteiger partial charge in [0.05, 0.1) is 0 Å². The van der Waals surface area contributed by atoms with E-state index in [0.29, 0.717) is 12.8 Å². The Morgan fingerprint density at radius 3 is 3.24 bits per heavy atom. The molecule has 1 aromatic rings. The van der Waals surface area contributed by atoms with E-state index in [0.717, 1.165) is 37.3 Å². The molecule has 0 bridgehead atoms. The first-order valence-corrected chi connectivity index (χ1v) is 6.14. The van der Waals surface area contributed by atoms with Crippen molar-refractivity contribution in [3.63, 3.8) is 0 Å². The summed E-state index contributed by atoms with van der Waals surface area (Å²) in [5.74, 6) is 0.608. The van der Waals surface area contributed by atoms with Gasteiger partial charge in [0, 0.05) is 18.7 Å². The summed E-state index contributed by atoms with van der Waals surface area (Å²) < 4.78 is 4.08. The van der Waals surface area contributed by atoms with Gasteiger partial charge in [0.1, 0.15) is 17.7 Å². The van der Waals surface area contributed by atoms with Gasteiger partial charge in [-0.1, -0.05) is 6.07 Å². The molecule has 1 aliphatic heterocycles. The third-order valence-electron chi connectivity index (χ3n) is 2.85. The summed E-state index contributed by atoms with van der Waals surface area (Å²) in [5.41, 5.74) is 2.28. The van der Waals surface area contributed by atoms with E-state index in [4.69, 9.17) is 11.9 Å². The normalized spacial score (nSPS) is 13.7. The largest absolute Gasteiger partial charge is 0.370 e. The molecule has 0 saturated heterocycles. The standard InChI is InChI=1S/C12H15ClN2O2/c13-17-11(16)5-1-4-10-7-6-9-3-2-8-14-12(9)15-10/h6-7H,1-5,8H2,(H,14,15). The molecule has 1 aromatic heterocycles. The highest BCUT2D eigenvalue weighted by atomic mass is 35.5. The number of nitrogens with one attached hydrogen (secondary N) is 1. The molecule has 0 amide bonds. The maximum Gasteiger partial charge on any atom is 0.324 e. The molecule has 0 radical (unpaired) electrons. The number of halogens is 1. The van der Waals surface area contributed by atoms with Crippen LogP contribution in [0.3, 0.4) is 0 Å². The summed E-state index contributed by atoms with van der Waals surface area (Å²) in [4.78, 5) is 15.4. The third kappa shape index (κ3) is 3.33. The van der Waals surface area contributed by atoms with E-state index in [1.165, 1.54) is 5.56 Å². The minimum Gasteiger partial charge on any atom is -0.370 e. The van der Waals surface area contributed by atoms with Gasteiger partial charge in [-0.3, -0.25) is 4.79 Å². The third-order valence-corrected chi connectivity index (χ3v) is 3.02. The van der Waals surface area contributed by atoms with Gasteiger partial charge in [-0.05, 0) is 37.3 Å². The first-order chi connectivity index (χ1) is 8.29. The molecule has 2 rings (SSSR count). The SMILES string of the molecule is O=C(CCCc1ccc2c(n1)NCCC2)OCl. The van der Waals surface area contributed by atoms with Crippen LogP contribution in [0.4, 0.5) is 5.82 Å². The molecule has 0 spiro atoms. The zero-order chi connectivity index (χ0) is 12.1.